The Labute approximate surface area is 96.5 Å². The van der Waals surface area contributed by atoms with Gasteiger partial charge in [0.05, 0.1) is 10.0 Å². The lowest BCUT2D eigenvalue weighted by Gasteiger charge is -2.01. The van der Waals surface area contributed by atoms with Crippen LogP contribution in [0.1, 0.15) is 12.0 Å². The van der Waals surface area contributed by atoms with E-state index in [0.29, 0.717) is 5.56 Å². The maximum absolute atomic E-state index is 12.8. The van der Waals surface area contributed by atoms with Crippen LogP contribution in [-0.2, 0) is 4.79 Å². The summed E-state index contributed by atoms with van der Waals surface area (Å²) >= 11 is 11.5. The molecule has 0 bridgehead atoms. The number of hydrogen-bond donors (Lipinski definition) is 1. The molecule has 0 spiro atoms. The Bertz CT molecular complexity index is 395. The summed E-state index contributed by atoms with van der Waals surface area (Å²) in [6.07, 6.45) is 3.15. The number of carbonyl (C=O) groups is 1. The highest BCUT2D eigenvalue weighted by Gasteiger charge is 2.05. The first-order chi connectivity index (χ1) is 7.00. The van der Waals surface area contributed by atoms with Gasteiger partial charge >= 0.3 is 0 Å². The van der Waals surface area contributed by atoms with Gasteiger partial charge in [-0.25, -0.2) is 4.39 Å². The number of amides is 1. The standard InChI is InChI=1S/C10H8Cl2FNO/c11-8-4-6(13)5-9(12)7(8)2-1-3-10(14)15/h1-2,4-5H,3H2,(H2,14,15). The van der Waals surface area contributed by atoms with Crippen LogP contribution in [0.4, 0.5) is 4.39 Å². The fraction of sp³-hybridized carbons (Fsp3) is 0.100. The quantitative estimate of drug-likeness (QED) is 0.877. The van der Waals surface area contributed by atoms with Crippen molar-refractivity contribution in [3.8, 4) is 0 Å². The third kappa shape index (κ3) is 3.53. The zero-order chi connectivity index (χ0) is 11.4. The van der Waals surface area contributed by atoms with Crippen molar-refractivity contribution in [3.05, 3.63) is 39.6 Å². The van der Waals surface area contributed by atoms with Gasteiger partial charge in [-0.3, -0.25) is 4.79 Å². The Kier molecular flexibility index (Phi) is 4.12. The molecule has 0 radical (unpaired) electrons. The molecule has 1 aromatic rings. The van der Waals surface area contributed by atoms with Gasteiger partial charge in [-0.15, -0.1) is 0 Å². The summed E-state index contributed by atoms with van der Waals surface area (Å²) in [6, 6.07) is 2.30. The molecule has 0 fully saturated rings. The van der Waals surface area contributed by atoms with Gasteiger partial charge in [0.1, 0.15) is 5.82 Å². The van der Waals surface area contributed by atoms with Crippen molar-refractivity contribution in [2.45, 2.75) is 6.42 Å². The smallest absolute Gasteiger partial charge is 0.221 e. The number of nitrogens with two attached hydrogens (primary N) is 1. The molecule has 2 nitrogen and oxygen atoms in total. The van der Waals surface area contributed by atoms with Crippen molar-refractivity contribution in [1.82, 2.24) is 0 Å². The van der Waals surface area contributed by atoms with Crippen LogP contribution >= 0.6 is 23.2 Å². The Balaban J connectivity index is 2.94. The molecule has 0 atom stereocenters. The van der Waals surface area contributed by atoms with Crippen LogP contribution in [0.15, 0.2) is 18.2 Å². The largest absolute Gasteiger partial charge is 0.369 e. The molecule has 0 aliphatic carbocycles. The van der Waals surface area contributed by atoms with Gasteiger partial charge in [-0.2, -0.15) is 0 Å². The topological polar surface area (TPSA) is 43.1 Å². The van der Waals surface area contributed by atoms with Crippen LogP contribution in [0.2, 0.25) is 10.0 Å². The third-order valence-electron chi connectivity index (χ3n) is 1.65. The van der Waals surface area contributed by atoms with E-state index in [1.807, 2.05) is 0 Å². The average molecular weight is 248 g/mol. The average Bonchev–Trinajstić information content (AvgIpc) is 2.08. The van der Waals surface area contributed by atoms with E-state index in [2.05, 4.69) is 0 Å². The second-order valence-electron chi connectivity index (χ2n) is 2.86. The molecule has 0 unspecified atom stereocenters. The van der Waals surface area contributed by atoms with Gasteiger partial charge in [-0.05, 0) is 12.1 Å². The van der Waals surface area contributed by atoms with Crippen molar-refractivity contribution in [2.75, 3.05) is 0 Å². The van der Waals surface area contributed by atoms with E-state index >= 15 is 0 Å². The summed E-state index contributed by atoms with van der Waals surface area (Å²) in [5.74, 6) is -0.961. The van der Waals surface area contributed by atoms with Crippen LogP contribution in [0.25, 0.3) is 6.08 Å². The zero-order valence-corrected chi connectivity index (χ0v) is 9.15. The fourth-order valence-corrected chi connectivity index (χ4v) is 1.59. The first-order valence-electron chi connectivity index (χ1n) is 4.10. The molecule has 1 amide bonds. The molecule has 1 aromatic carbocycles. The summed E-state index contributed by atoms with van der Waals surface area (Å²) in [6.45, 7) is 0. The van der Waals surface area contributed by atoms with Crippen LogP contribution in [0.5, 0.6) is 0 Å². The van der Waals surface area contributed by atoms with Crippen molar-refractivity contribution in [3.63, 3.8) is 0 Å². The second kappa shape index (κ2) is 5.14. The Hall–Kier alpha value is -1.06. The second-order valence-corrected chi connectivity index (χ2v) is 3.67. The van der Waals surface area contributed by atoms with E-state index in [1.54, 1.807) is 0 Å². The maximum Gasteiger partial charge on any atom is 0.221 e. The summed E-state index contributed by atoms with van der Waals surface area (Å²) < 4.78 is 12.8. The first-order valence-corrected chi connectivity index (χ1v) is 4.85. The number of carbonyl (C=O) groups excluding carboxylic acids is 1. The monoisotopic (exact) mass is 247 g/mol. The van der Waals surface area contributed by atoms with Crippen molar-refractivity contribution in [2.24, 2.45) is 5.73 Å². The molecule has 1 rings (SSSR count). The number of primary amides is 1. The van der Waals surface area contributed by atoms with Crippen molar-refractivity contribution < 1.29 is 9.18 Å². The molecule has 15 heavy (non-hydrogen) atoms. The number of halogens is 3. The number of benzene rings is 1. The minimum atomic E-state index is -0.503. The molecule has 0 saturated heterocycles. The van der Waals surface area contributed by atoms with Gasteiger partial charge in [0.15, 0.2) is 0 Å². The van der Waals surface area contributed by atoms with E-state index in [9.17, 15) is 9.18 Å². The molecule has 2 N–H and O–H groups in total. The molecule has 5 heteroatoms. The predicted molar refractivity (Wildman–Crippen MR) is 59.3 cm³/mol. The van der Waals surface area contributed by atoms with E-state index in [0.717, 1.165) is 12.1 Å². The van der Waals surface area contributed by atoms with Gasteiger partial charge in [0.2, 0.25) is 5.91 Å². The summed E-state index contributed by atoms with van der Waals surface area (Å²) in [5, 5.41) is 0.390. The van der Waals surface area contributed by atoms with E-state index in [1.165, 1.54) is 12.2 Å². The summed E-state index contributed by atoms with van der Waals surface area (Å²) in [5.41, 5.74) is 5.41. The van der Waals surface area contributed by atoms with Gasteiger partial charge in [-0.1, -0.05) is 35.4 Å². The number of rotatable bonds is 3. The lowest BCUT2D eigenvalue weighted by molar-refractivity contribution is -0.117. The molecule has 0 heterocycles. The highest BCUT2D eigenvalue weighted by molar-refractivity contribution is 6.37. The lowest BCUT2D eigenvalue weighted by Crippen LogP contribution is -2.07. The lowest BCUT2D eigenvalue weighted by atomic mass is 10.2. The van der Waals surface area contributed by atoms with Crippen molar-refractivity contribution >= 4 is 35.2 Å². The van der Waals surface area contributed by atoms with Crippen LogP contribution in [0.3, 0.4) is 0 Å². The minimum Gasteiger partial charge on any atom is -0.369 e. The Morgan fingerprint density at radius 1 is 1.40 bits per heavy atom. The maximum atomic E-state index is 12.8. The van der Waals surface area contributed by atoms with Crippen LogP contribution in [-0.4, -0.2) is 5.91 Å². The molecule has 80 valence electrons. The molecule has 0 aromatic heterocycles. The number of hydrogen-bond acceptors (Lipinski definition) is 1. The Morgan fingerprint density at radius 2 is 1.93 bits per heavy atom. The van der Waals surface area contributed by atoms with E-state index in [-0.39, 0.29) is 16.5 Å². The fourth-order valence-electron chi connectivity index (χ4n) is 1.01. The highest BCUT2D eigenvalue weighted by atomic mass is 35.5. The third-order valence-corrected chi connectivity index (χ3v) is 2.27. The normalized spacial score (nSPS) is 10.9. The zero-order valence-electron chi connectivity index (χ0n) is 7.64. The first kappa shape index (κ1) is 12.0. The Morgan fingerprint density at radius 3 is 2.40 bits per heavy atom. The van der Waals surface area contributed by atoms with Crippen molar-refractivity contribution in [1.29, 1.82) is 0 Å². The van der Waals surface area contributed by atoms with E-state index in [4.69, 9.17) is 28.9 Å². The molecule has 0 saturated carbocycles. The molecular weight excluding hydrogens is 240 g/mol. The van der Waals surface area contributed by atoms with Gasteiger partial charge in [0, 0.05) is 12.0 Å². The van der Waals surface area contributed by atoms with Crippen LogP contribution < -0.4 is 5.73 Å². The van der Waals surface area contributed by atoms with Gasteiger partial charge in [0.25, 0.3) is 0 Å². The van der Waals surface area contributed by atoms with Gasteiger partial charge < -0.3 is 5.73 Å². The summed E-state index contributed by atoms with van der Waals surface area (Å²) in [4.78, 5) is 10.5. The predicted octanol–water partition coefficient (Wildman–Crippen LogP) is 3.02. The molecule has 0 aliphatic heterocycles. The summed E-state index contributed by atoms with van der Waals surface area (Å²) in [7, 11) is 0. The minimum absolute atomic E-state index is 0.0873. The van der Waals surface area contributed by atoms with E-state index < -0.39 is 11.7 Å². The highest BCUT2D eigenvalue weighted by Crippen LogP contribution is 2.27. The van der Waals surface area contributed by atoms with Crippen LogP contribution in [0, 0.1) is 5.82 Å². The SMILES string of the molecule is NC(=O)CC=Cc1c(Cl)cc(F)cc1Cl. The molecule has 0 aliphatic rings. The molecular formula is C10H8Cl2FNO.